The molecule has 2 N–H and O–H groups in total. The number of likely N-dealkylation sites (N-methyl/N-ethyl adjacent to an activating group) is 1. The zero-order valence-corrected chi connectivity index (χ0v) is 17.1. The summed E-state index contributed by atoms with van der Waals surface area (Å²) >= 11 is 0. The van der Waals surface area contributed by atoms with Gasteiger partial charge in [-0.15, -0.1) is 0 Å². The molecule has 0 spiro atoms. The summed E-state index contributed by atoms with van der Waals surface area (Å²) in [6, 6.07) is 6.56. The smallest absolute Gasteiger partial charge is 0.289 e. The highest BCUT2D eigenvalue weighted by Gasteiger charge is 2.20. The fraction of sp³-hybridized carbons (Fsp3) is 0.381. The van der Waals surface area contributed by atoms with Gasteiger partial charge in [-0.1, -0.05) is 0 Å². The first-order valence-electron chi connectivity index (χ1n) is 9.93. The SMILES string of the molecule is CN(C)CCNC(=O)c1nc(-c2cc(F)cc3[nH]ccc23)cc(N2CCOCC2)n1. The lowest BCUT2D eigenvalue weighted by molar-refractivity contribution is 0.0940. The lowest BCUT2D eigenvalue weighted by Crippen LogP contribution is -2.37. The van der Waals surface area contributed by atoms with E-state index in [1.807, 2.05) is 31.1 Å². The largest absolute Gasteiger partial charge is 0.378 e. The molecule has 2 aromatic heterocycles. The van der Waals surface area contributed by atoms with Crippen molar-refractivity contribution in [1.29, 1.82) is 0 Å². The molecule has 0 unspecified atom stereocenters. The number of anilines is 1. The molecule has 1 aromatic carbocycles. The Kier molecular flexibility index (Phi) is 5.91. The topological polar surface area (TPSA) is 86.4 Å². The molecular weight excluding hydrogens is 387 g/mol. The standard InChI is InChI=1S/C21H25FN6O2/c1-27(2)6-5-24-21(29)20-25-18(13-19(26-20)28-7-9-30-10-8-28)16-11-14(22)12-17-15(16)3-4-23-17/h3-4,11-13,23H,5-10H2,1-2H3,(H,24,29). The first-order chi connectivity index (χ1) is 14.5. The number of halogens is 1. The molecule has 30 heavy (non-hydrogen) atoms. The highest BCUT2D eigenvalue weighted by Crippen LogP contribution is 2.30. The fourth-order valence-electron chi connectivity index (χ4n) is 3.44. The van der Waals surface area contributed by atoms with Gasteiger partial charge in [0.05, 0.1) is 18.9 Å². The number of H-pyrrole nitrogens is 1. The summed E-state index contributed by atoms with van der Waals surface area (Å²) in [5.74, 6) is -0.0203. The average Bonchev–Trinajstić information content (AvgIpc) is 3.21. The Morgan fingerprint density at radius 3 is 2.83 bits per heavy atom. The second-order valence-electron chi connectivity index (χ2n) is 7.49. The molecule has 158 valence electrons. The molecule has 0 saturated carbocycles. The molecule has 1 aliphatic heterocycles. The van der Waals surface area contributed by atoms with Crippen molar-refractivity contribution >= 4 is 22.6 Å². The molecule has 4 rings (SSSR count). The molecular formula is C21H25FN6O2. The van der Waals surface area contributed by atoms with Crippen LogP contribution in [0, 0.1) is 5.82 Å². The number of carbonyl (C=O) groups excluding carboxylic acids is 1. The van der Waals surface area contributed by atoms with Gasteiger partial charge in [0.1, 0.15) is 11.6 Å². The molecule has 3 aromatic rings. The third kappa shape index (κ3) is 4.42. The maximum Gasteiger partial charge on any atom is 0.289 e. The van der Waals surface area contributed by atoms with E-state index in [0.717, 1.165) is 5.39 Å². The summed E-state index contributed by atoms with van der Waals surface area (Å²) in [5.41, 5.74) is 1.80. The molecule has 8 nitrogen and oxygen atoms in total. The Hall–Kier alpha value is -3.04. The van der Waals surface area contributed by atoms with E-state index in [9.17, 15) is 9.18 Å². The number of ether oxygens (including phenoxy) is 1. The molecule has 1 amide bonds. The van der Waals surface area contributed by atoms with Gasteiger partial charge in [0.2, 0.25) is 5.82 Å². The fourth-order valence-corrected chi connectivity index (χ4v) is 3.44. The number of rotatable bonds is 6. The maximum atomic E-state index is 14.2. The van der Waals surface area contributed by atoms with E-state index < -0.39 is 0 Å². The van der Waals surface area contributed by atoms with E-state index in [2.05, 4.69) is 25.2 Å². The number of hydrogen-bond donors (Lipinski definition) is 2. The van der Waals surface area contributed by atoms with Crippen molar-refractivity contribution in [3.05, 3.63) is 42.1 Å². The molecule has 1 aliphatic rings. The molecule has 0 radical (unpaired) electrons. The third-order valence-electron chi connectivity index (χ3n) is 5.00. The van der Waals surface area contributed by atoms with Gasteiger partial charge in [-0.3, -0.25) is 4.79 Å². The van der Waals surface area contributed by atoms with Crippen LogP contribution in [-0.2, 0) is 4.74 Å². The van der Waals surface area contributed by atoms with Gasteiger partial charge in [-0.05, 0) is 32.3 Å². The van der Waals surface area contributed by atoms with E-state index in [1.54, 1.807) is 6.20 Å². The molecule has 0 atom stereocenters. The monoisotopic (exact) mass is 412 g/mol. The van der Waals surface area contributed by atoms with Gasteiger partial charge in [0, 0.05) is 54.9 Å². The molecule has 9 heteroatoms. The van der Waals surface area contributed by atoms with Crippen molar-refractivity contribution in [3.8, 4) is 11.3 Å². The van der Waals surface area contributed by atoms with Crippen LogP contribution in [0.25, 0.3) is 22.2 Å². The van der Waals surface area contributed by atoms with Crippen LogP contribution in [0.1, 0.15) is 10.6 Å². The second-order valence-corrected chi connectivity index (χ2v) is 7.49. The van der Waals surface area contributed by atoms with Crippen LogP contribution >= 0.6 is 0 Å². The summed E-state index contributed by atoms with van der Waals surface area (Å²) in [5, 5.41) is 3.69. The molecule has 3 heterocycles. The number of morpholine rings is 1. The number of fused-ring (bicyclic) bond motifs is 1. The summed E-state index contributed by atoms with van der Waals surface area (Å²) in [7, 11) is 3.87. The second kappa shape index (κ2) is 8.76. The van der Waals surface area contributed by atoms with E-state index in [4.69, 9.17) is 4.74 Å². The van der Waals surface area contributed by atoms with Gasteiger partial charge in [-0.2, -0.15) is 0 Å². The van der Waals surface area contributed by atoms with Crippen molar-refractivity contribution in [2.75, 3.05) is 58.4 Å². The van der Waals surface area contributed by atoms with Crippen LogP contribution in [0.3, 0.4) is 0 Å². The Labute approximate surface area is 174 Å². The van der Waals surface area contributed by atoms with E-state index in [0.29, 0.717) is 62.0 Å². The van der Waals surface area contributed by atoms with E-state index >= 15 is 0 Å². The van der Waals surface area contributed by atoms with Crippen molar-refractivity contribution in [1.82, 2.24) is 25.2 Å². The van der Waals surface area contributed by atoms with E-state index in [-0.39, 0.29) is 17.5 Å². The number of benzene rings is 1. The normalized spacial score (nSPS) is 14.5. The minimum absolute atomic E-state index is 0.0701. The quantitative estimate of drug-likeness (QED) is 0.643. The van der Waals surface area contributed by atoms with Gasteiger partial charge in [0.15, 0.2) is 0 Å². The number of nitrogens with zero attached hydrogens (tertiary/aromatic N) is 4. The summed E-state index contributed by atoms with van der Waals surface area (Å²) in [6.45, 7) is 3.70. The molecule has 0 aliphatic carbocycles. The van der Waals surface area contributed by atoms with Crippen LogP contribution in [0.5, 0.6) is 0 Å². The summed E-state index contributed by atoms with van der Waals surface area (Å²) < 4.78 is 19.7. The minimum Gasteiger partial charge on any atom is -0.378 e. The molecule has 1 saturated heterocycles. The highest BCUT2D eigenvalue weighted by molar-refractivity contribution is 5.96. The first-order valence-corrected chi connectivity index (χ1v) is 9.93. The number of carbonyl (C=O) groups is 1. The van der Waals surface area contributed by atoms with Crippen LogP contribution in [-0.4, -0.2) is 79.2 Å². The van der Waals surface area contributed by atoms with Crippen molar-refractivity contribution in [3.63, 3.8) is 0 Å². The Morgan fingerprint density at radius 2 is 2.07 bits per heavy atom. The minimum atomic E-state index is -0.372. The zero-order valence-electron chi connectivity index (χ0n) is 17.1. The van der Waals surface area contributed by atoms with Crippen molar-refractivity contribution in [2.24, 2.45) is 0 Å². The molecule has 1 fully saturated rings. The zero-order chi connectivity index (χ0) is 21.1. The average molecular weight is 412 g/mol. The maximum absolute atomic E-state index is 14.2. The predicted molar refractivity (Wildman–Crippen MR) is 113 cm³/mol. The van der Waals surface area contributed by atoms with Gasteiger partial charge in [-0.25, -0.2) is 14.4 Å². The van der Waals surface area contributed by atoms with Gasteiger partial charge in [0.25, 0.3) is 5.91 Å². The van der Waals surface area contributed by atoms with Crippen LogP contribution in [0.4, 0.5) is 10.2 Å². The van der Waals surface area contributed by atoms with Crippen LogP contribution < -0.4 is 10.2 Å². The number of aromatic amines is 1. The lowest BCUT2D eigenvalue weighted by atomic mass is 10.1. The predicted octanol–water partition coefficient (Wildman–Crippen LogP) is 1.89. The van der Waals surface area contributed by atoms with Gasteiger partial charge >= 0.3 is 0 Å². The lowest BCUT2D eigenvalue weighted by Gasteiger charge is -2.28. The van der Waals surface area contributed by atoms with Crippen LogP contribution in [0.15, 0.2) is 30.5 Å². The van der Waals surface area contributed by atoms with Crippen molar-refractivity contribution in [2.45, 2.75) is 0 Å². The Morgan fingerprint density at radius 1 is 1.27 bits per heavy atom. The number of hydrogen-bond acceptors (Lipinski definition) is 6. The van der Waals surface area contributed by atoms with Crippen molar-refractivity contribution < 1.29 is 13.9 Å². The van der Waals surface area contributed by atoms with E-state index in [1.165, 1.54) is 12.1 Å². The first kappa shape index (κ1) is 20.2. The Bertz CT molecular complexity index is 1050. The summed E-state index contributed by atoms with van der Waals surface area (Å²) in [6.07, 6.45) is 1.76. The third-order valence-corrected chi connectivity index (χ3v) is 5.00. The van der Waals surface area contributed by atoms with Crippen LogP contribution in [0.2, 0.25) is 0 Å². The number of amides is 1. The number of aromatic nitrogens is 3. The molecule has 0 bridgehead atoms. The van der Waals surface area contributed by atoms with Gasteiger partial charge < -0.3 is 24.8 Å². The number of nitrogens with one attached hydrogen (secondary N) is 2. The Balaban J connectivity index is 1.75. The summed E-state index contributed by atoms with van der Waals surface area (Å²) in [4.78, 5) is 28.8. The highest BCUT2D eigenvalue weighted by atomic mass is 19.1.